The SMILES string of the molecule is CCCSc1nc2c(I)cc(I)cc2c(=O)n1C. The zero-order valence-electron chi connectivity index (χ0n) is 10.0. The first-order chi connectivity index (χ1) is 8.54. The maximum Gasteiger partial charge on any atom is 0.261 e. The van der Waals surface area contributed by atoms with Crippen molar-refractivity contribution in [1.82, 2.24) is 9.55 Å². The number of nitrogens with zero attached hydrogens (tertiary/aromatic N) is 2. The standard InChI is InChI=1S/C12H12I2N2OS/c1-3-4-18-12-15-10-8(11(17)16(12)2)5-7(13)6-9(10)14/h5-6H,3-4H2,1-2H3. The van der Waals surface area contributed by atoms with E-state index in [1.54, 1.807) is 23.4 Å². The summed E-state index contributed by atoms with van der Waals surface area (Å²) in [5.41, 5.74) is 0.854. The van der Waals surface area contributed by atoms with E-state index in [1.807, 2.05) is 12.1 Å². The summed E-state index contributed by atoms with van der Waals surface area (Å²) in [7, 11) is 1.79. The third kappa shape index (κ3) is 2.84. The number of benzene rings is 1. The number of rotatable bonds is 3. The molecule has 0 aliphatic rings. The number of halogens is 2. The van der Waals surface area contributed by atoms with Crippen LogP contribution in [0.5, 0.6) is 0 Å². The lowest BCUT2D eigenvalue weighted by Crippen LogP contribution is -2.20. The van der Waals surface area contributed by atoms with Gasteiger partial charge in [0.15, 0.2) is 5.16 Å². The van der Waals surface area contributed by atoms with Crippen LogP contribution in [0.4, 0.5) is 0 Å². The minimum Gasteiger partial charge on any atom is -0.290 e. The summed E-state index contributed by atoms with van der Waals surface area (Å²) < 4.78 is 3.75. The van der Waals surface area contributed by atoms with Crippen LogP contribution in [0, 0.1) is 7.14 Å². The van der Waals surface area contributed by atoms with E-state index in [2.05, 4.69) is 57.1 Å². The summed E-state index contributed by atoms with van der Waals surface area (Å²) in [5, 5.41) is 1.50. The van der Waals surface area contributed by atoms with E-state index in [0.717, 1.165) is 30.0 Å². The molecule has 0 spiro atoms. The van der Waals surface area contributed by atoms with Crippen LogP contribution in [0.25, 0.3) is 10.9 Å². The van der Waals surface area contributed by atoms with Crippen LogP contribution in [0.15, 0.2) is 22.1 Å². The minimum absolute atomic E-state index is 0.0371. The van der Waals surface area contributed by atoms with Crippen molar-refractivity contribution in [3.63, 3.8) is 0 Å². The Morgan fingerprint density at radius 1 is 1.39 bits per heavy atom. The van der Waals surface area contributed by atoms with Crippen molar-refractivity contribution in [3.8, 4) is 0 Å². The molecule has 0 saturated heterocycles. The summed E-state index contributed by atoms with van der Waals surface area (Å²) in [6, 6.07) is 3.95. The second kappa shape index (κ2) is 6.08. The predicted molar refractivity (Wildman–Crippen MR) is 93.4 cm³/mol. The lowest BCUT2D eigenvalue weighted by Gasteiger charge is -2.09. The number of fused-ring (bicyclic) bond motifs is 1. The van der Waals surface area contributed by atoms with Gasteiger partial charge in [-0.05, 0) is 63.7 Å². The van der Waals surface area contributed by atoms with E-state index in [9.17, 15) is 4.79 Å². The molecule has 2 rings (SSSR count). The number of hydrogen-bond donors (Lipinski definition) is 0. The zero-order chi connectivity index (χ0) is 13.3. The lowest BCUT2D eigenvalue weighted by atomic mass is 10.2. The Morgan fingerprint density at radius 3 is 2.78 bits per heavy atom. The maximum absolute atomic E-state index is 12.3. The summed E-state index contributed by atoms with van der Waals surface area (Å²) in [5.74, 6) is 0.979. The Kier molecular flexibility index (Phi) is 4.92. The average Bonchev–Trinajstić information content (AvgIpc) is 2.33. The molecule has 0 bridgehead atoms. The number of hydrogen-bond acceptors (Lipinski definition) is 3. The van der Waals surface area contributed by atoms with Gasteiger partial charge in [0.05, 0.1) is 10.9 Å². The first-order valence-corrected chi connectivity index (χ1v) is 8.67. The molecule has 1 heterocycles. The Morgan fingerprint density at radius 2 is 2.11 bits per heavy atom. The largest absolute Gasteiger partial charge is 0.290 e. The molecule has 0 saturated carbocycles. The molecule has 0 atom stereocenters. The van der Waals surface area contributed by atoms with Crippen molar-refractivity contribution in [2.45, 2.75) is 18.5 Å². The van der Waals surface area contributed by atoms with Crippen molar-refractivity contribution in [2.75, 3.05) is 5.75 Å². The summed E-state index contributed by atoms with van der Waals surface area (Å²) in [6.45, 7) is 2.12. The van der Waals surface area contributed by atoms with E-state index < -0.39 is 0 Å². The molecule has 0 aliphatic heterocycles. The van der Waals surface area contributed by atoms with Crippen LogP contribution in [-0.4, -0.2) is 15.3 Å². The van der Waals surface area contributed by atoms with Crippen LogP contribution < -0.4 is 5.56 Å². The Hall–Kier alpha value is 0.170. The van der Waals surface area contributed by atoms with Gasteiger partial charge >= 0.3 is 0 Å². The van der Waals surface area contributed by atoms with Gasteiger partial charge in [-0.25, -0.2) is 4.98 Å². The molecular formula is C12H12I2N2OS. The molecule has 0 radical (unpaired) electrons. The van der Waals surface area contributed by atoms with Gasteiger partial charge in [-0.2, -0.15) is 0 Å². The van der Waals surface area contributed by atoms with Crippen molar-refractivity contribution in [3.05, 3.63) is 29.6 Å². The number of thioether (sulfide) groups is 1. The maximum atomic E-state index is 12.3. The smallest absolute Gasteiger partial charge is 0.261 e. The third-order valence-corrected chi connectivity index (χ3v) is 5.17. The Labute approximate surface area is 137 Å². The second-order valence-electron chi connectivity index (χ2n) is 3.89. The summed E-state index contributed by atoms with van der Waals surface area (Å²) in [6.07, 6.45) is 1.07. The highest BCUT2D eigenvalue weighted by Crippen LogP contribution is 2.23. The van der Waals surface area contributed by atoms with Crippen molar-refractivity contribution in [1.29, 1.82) is 0 Å². The highest BCUT2D eigenvalue weighted by atomic mass is 127. The molecule has 1 aromatic heterocycles. The molecule has 6 heteroatoms. The van der Waals surface area contributed by atoms with E-state index in [0.29, 0.717) is 5.39 Å². The summed E-state index contributed by atoms with van der Waals surface area (Å²) >= 11 is 6.10. The predicted octanol–water partition coefficient (Wildman–Crippen LogP) is 3.64. The minimum atomic E-state index is 0.0371. The molecular weight excluding hydrogens is 474 g/mol. The van der Waals surface area contributed by atoms with E-state index in [1.165, 1.54) is 0 Å². The molecule has 0 N–H and O–H groups in total. The fourth-order valence-corrected chi connectivity index (χ4v) is 4.39. The second-order valence-corrected chi connectivity index (χ2v) is 7.36. The molecule has 2 aromatic rings. The van der Waals surface area contributed by atoms with Crippen LogP contribution in [0.1, 0.15) is 13.3 Å². The van der Waals surface area contributed by atoms with Gasteiger partial charge in [0, 0.05) is 19.9 Å². The van der Waals surface area contributed by atoms with Gasteiger partial charge in [-0.3, -0.25) is 9.36 Å². The Bertz CT molecular complexity index is 655. The van der Waals surface area contributed by atoms with Crippen LogP contribution >= 0.6 is 56.9 Å². The van der Waals surface area contributed by atoms with Crippen LogP contribution in [0.2, 0.25) is 0 Å². The lowest BCUT2D eigenvalue weighted by molar-refractivity contribution is 0.725. The zero-order valence-corrected chi connectivity index (χ0v) is 15.2. The number of aromatic nitrogens is 2. The topological polar surface area (TPSA) is 34.9 Å². The first-order valence-electron chi connectivity index (χ1n) is 5.53. The molecule has 0 unspecified atom stereocenters. The average molecular weight is 486 g/mol. The highest BCUT2D eigenvalue weighted by molar-refractivity contribution is 14.1. The summed E-state index contributed by atoms with van der Waals surface area (Å²) in [4.78, 5) is 16.9. The fourth-order valence-electron chi connectivity index (χ4n) is 1.60. The first kappa shape index (κ1) is 14.6. The van der Waals surface area contributed by atoms with Gasteiger partial charge in [0.2, 0.25) is 0 Å². The molecule has 0 fully saturated rings. The van der Waals surface area contributed by atoms with Crippen molar-refractivity contribution >= 4 is 67.8 Å². The Balaban J connectivity index is 2.71. The highest BCUT2D eigenvalue weighted by Gasteiger charge is 2.11. The van der Waals surface area contributed by atoms with Crippen molar-refractivity contribution < 1.29 is 0 Å². The van der Waals surface area contributed by atoms with Gasteiger partial charge in [0.1, 0.15) is 0 Å². The molecule has 1 aromatic carbocycles. The monoisotopic (exact) mass is 486 g/mol. The van der Waals surface area contributed by atoms with E-state index in [-0.39, 0.29) is 5.56 Å². The van der Waals surface area contributed by atoms with Gasteiger partial charge in [0.25, 0.3) is 5.56 Å². The van der Waals surface area contributed by atoms with E-state index >= 15 is 0 Å². The van der Waals surface area contributed by atoms with Gasteiger partial charge in [-0.1, -0.05) is 18.7 Å². The molecule has 0 amide bonds. The van der Waals surface area contributed by atoms with E-state index in [4.69, 9.17) is 0 Å². The van der Waals surface area contributed by atoms with Crippen LogP contribution in [-0.2, 0) is 7.05 Å². The fraction of sp³-hybridized carbons (Fsp3) is 0.333. The molecule has 18 heavy (non-hydrogen) atoms. The quantitative estimate of drug-likeness (QED) is 0.378. The molecule has 96 valence electrons. The van der Waals surface area contributed by atoms with Gasteiger partial charge < -0.3 is 0 Å². The normalized spacial score (nSPS) is 11.1. The van der Waals surface area contributed by atoms with Crippen molar-refractivity contribution in [2.24, 2.45) is 7.05 Å². The molecule has 3 nitrogen and oxygen atoms in total. The van der Waals surface area contributed by atoms with Crippen LogP contribution in [0.3, 0.4) is 0 Å². The van der Waals surface area contributed by atoms with Gasteiger partial charge in [-0.15, -0.1) is 0 Å². The third-order valence-electron chi connectivity index (χ3n) is 2.49. The molecule has 0 aliphatic carbocycles.